The van der Waals surface area contributed by atoms with E-state index in [1.807, 2.05) is 0 Å². The zero-order chi connectivity index (χ0) is 9.90. The van der Waals surface area contributed by atoms with E-state index >= 15 is 0 Å². The lowest BCUT2D eigenvalue weighted by molar-refractivity contribution is -0.118. The second kappa shape index (κ2) is 4.09. The molecule has 0 spiro atoms. The Balaban J connectivity index is 2.36. The van der Waals surface area contributed by atoms with Crippen LogP contribution in [-0.4, -0.2) is 24.5 Å². The Morgan fingerprint density at radius 2 is 1.85 bits per heavy atom. The Morgan fingerprint density at radius 3 is 2.31 bits per heavy atom. The van der Waals surface area contributed by atoms with Gasteiger partial charge in [0.05, 0.1) is 0 Å². The first-order valence-corrected chi connectivity index (χ1v) is 4.32. The molecule has 0 aromatic rings. The number of nitrogens with two attached hydrogens (primary N) is 1. The Hall–Kier alpha value is -0.580. The number of nitrogens with zero attached hydrogens (tertiary/aromatic N) is 1. The summed E-state index contributed by atoms with van der Waals surface area (Å²) >= 11 is 0. The van der Waals surface area contributed by atoms with E-state index in [0.717, 1.165) is 12.8 Å². The van der Waals surface area contributed by atoms with E-state index in [1.165, 1.54) is 0 Å². The summed E-state index contributed by atoms with van der Waals surface area (Å²) in [5, 5.41) is 0. The maximum Gasteiger partial charge on any atom is 0.407 e. The molecule has 0 bridgehead atoms. The van der Waals surface area contributed by atoms with Crippen molar-refractivity contribution in [3.8, 4) is 0 Å². The smallest absolute Gasteiger partial charge is 0.328 e. The number of rotatable bonds is 1. The number of hydrogen-bond acceptors (Lipinski definition) is 2. The first-order chi connectivity index (χ1) is 5.97. The molecule has 0 radical (unpaired) electrons. The molecule has 1 aliphatic carbocycles. The van der Waals surface area contributed by atoms with Gasteiger partial charge in [-0.2, -0.15) is 13.2 Å². The van der Waals surface area contributed by atoms with E-state index in [4.69, 9.17) is 5.73 Å². The Labute approximate surface area is 75.0 Å². The summed E-state index contributed by atoms with van der Waals surface area (Å²) in [7, 11) is 0. The van der Waals surface area contributed by atoms with Gasteiger partial charge in [-0.15, -0.1) is 0 Å². The normalized spacial score (nSPS) is 24.6. The van der Waals surface area contributed by atoms with Gasteiger partial charge in [-0.25, -0.2) is 0 Å². The van der Waals surface area contributed by atoms with Crippen molar-refractivity contribution in [3.63, 3.8) is 0 Å². The van der Waals surface area contributed by atoms with Crippen molar-refractivity contribution in [1.29, 1.82) is 0 Å². The molecule has 1 saturated carbocycles. The third-order valence-electron chi connectivity index (χ3n) is 2.09. The lowest BCUT2D eigenvalue weighted by Crippen LogP contribution is -2.27. The summed E-state index contributed by atoms with van der Waals surface area (Å²) in [6, 6.07) is 0.143. The van der Waals surface area contributed by atoms with E-state index in [-0.39, 0.29) is 6.04 Å². The van der Waals surface area contributed by atoms with Crippen molar-refractivity contribution in [2.45, 2.75) is 37.9 Å². The summed E-state index contributed by atoms with van der Waals surface area (Å²) in [5.41, 5.74) is 6.27. The van der Waals surface area contributed by atoms with Crippen LogP contribution in [0.4, 0.5) is 13.2 Å². The molecule has 0 heterocycles. The molecule has 0 amide bonds. The highest BCUT2D eigenvalue weighted by Crippen LogP contribution is 2.18. The molecule has 0 atom stereocenters. The van der Waals surface area contributed by atoms with Crippen LogP contribution in [0.3, 0.4) is 0 Å². The lowest BCUT2D eigenvalue weighted by atomic mass is 9.94. The van der Waals surface area contributed by atoms with Crippen LogP contribution in [0.25, 0.3) is 0 Å². The van der Waals surface area contributed by atoms with Crippen molar-refractivity contribution in [2.75, 3.05) is 6.54 Å². The lowest BCUT2D eigenvalue weighted by Gasteiger charge is -2.19. The van der Waals surface area contributed by atoms with E-state index in [9.17, 15) is 13.2 Å². The van der Waals surface area contributed by atoms with Gasteiger partial charge in [0.15, 0.2) is 0 Å². The predicted molar refractivity (Wildman–Crippen MR) is 44.8 cm³/mol. The Bertz CT molecular complexity index is 188. The maximum absolute atomic E-state index is 11.8. The van der Waals surface area contributed by atoms with Crippen LogP contribution in [-0.2, 0) is 0 Å². The van der Waals surface area contributed by atoms with Crippen LogP contribution < -0.4 is 5.73 Å². The molecule has 1 fully saturated rings. The number of aliphatic imine (C=N–C) groups is 1. The van der Waals surface area contributed by atoms with Crippen LogP contribution in [0.15, 0.2) is 4.99 Å². The standard InChI is InChI=1S/C8H13F3N2/c9-8(10,11)5-13-7-3-1-6(12)2-4-7/h6H,1-5,12H2. The molecule has 76 valence electrons. The van der Waals surface area contributed by atoms with Crippen LogP contribution in [0.5, 0.6) is 0 Å². The molecule has 0 saturated heterocycles. The number of hydrogen-bond donors (Lipinski definition) is 1. The van der Waals surface area contributed by atoms with Gasteiger partial charge >= 0.3 is 6.18 Å². The minimum atomic E-state index is -4.17. The summed E-state index contributed by atoms with van der Waals surface area (Å²) in [4.78, 5) is 3.52. The highest BCUT2D eigenvalue weighted by Gasteiger charge is 2.27. The SMILES string of the molecule is NC1CCC(=NCC(F)(F)F)CC1. The average molecular weight is 194 g/mol. The second-order valence-corrected chi connectivity index (χ2v) is 3.34. The molecule has 2 nitrogen and oxygen atoms in total. The Morgan fingerprint density at radius 1 is 1.31 bits per heavy atom. The van der Waals surface area contributed by atoms with Crippen LogP contribution in [0, 0.1) is 0 Å². The highest BCUT2D eigenvalue weighted by molar-refractivity contribution is 5.85. The maximum atomic E-state index is 11.8. The van der Waals surface area contributed by atoms with Gasteiger partial charge in [0.1, 0.15) is 6.54 Å². The first-order valence-electron chi connectivity index (χ1n) is 4.32. The molecule has 13 heavy (non-hydrogen) atoms. The van der Waals surface area contributed by atoms with E-state index in [1.54, 1.807) is 0 Å². The van der Waals surface area contributed by atoms with E-state index in [0.29, 0.717) is 18.6 Å². The van der Waals surface area contributed by atoms with Crippen molar-refractivity contribution in [3.05, 3.63) is 0 Å². The van der Waals surface area contributed by atoms with Gasteiger partial charge in [0, 0.05) is 11.8 Å². The summed E-state index contributed by atoms with van der Waals surface area (Å²) < 4.78 is 35.3. The quantitative estimate of drug-likeness (QED) is 0.680. The summed E-state index contributed by atoms with van der Waals surface area (Å²) in [6.45, 7) is -1.04. The highest BCUT2D eigenvalue weighted by atomic mass is 19.4. The van der Waals surface area contributed by atoms with E-state index in [2.05, 4.69) is 4.99 Å². The summed E-state index contributed by atoms with van der Waals surface area (Å²) in [5.74, 6) is 0. The van der Waals surface area contributed by atoms with Crippen molar-refractivity contribution in [2.24, 2.45) is 10.7 Å². The largest absolute Gasteiger partial charge is 0.407 e. The predicted octanol–water partition coefficient (Wildman–Crippen LogP) is 1.89. The first kappa shape index (κ1) is 10.5. The number of halogens is 3. The van der Waals surface area contributed by atoms with Crippen molar-refractivity contribution in [1.82, 2.24) is 0 Å². The van der Waals surface area contributed by atoms with E-state index < -0.39 is 12.7 Å². The topological polar surface area (TPSA) is 38.4 Å². The molecule has 5 heteroatoms. The zero-order valence-corrected chi connectivity index (χ0v) is 7.27. The molecule has 1 aliphatic rings. The molecule has 0 aromatic heterocycles. The molecule has 2 N–H and O–H groups in total. The van der Waals surface area contributed by atoms with Gasteiger partial charge in [-0.3, -0.25) is 4.99 Å². The third-order valence-corrected chi connectivity index (χ3v) is 2.09. The second-order valence-electron chi connectivity index (χ2n) is 3.34. The van der Waals surface area contributed by atoms with Crippen molar-refractivity contribution >= 4 is 5.71 Å². The van der Waals surface area contributed by atoms with Gasteiger partial charge in [-0.1, -0.05) is 0 Å². The Kier molecular flexibility index (Phi) is 3.30. The molecular formula is C8H13F3N2. The van der Waals surface area contributed by atoms with Gasteiger partial charge in [-0.05, 0) is 25.7 Å². The monoisotopic (exact) mass is 194 g/mol. The van der Waals surface area contributed by atoms with Crippen LogP contribution in [0.2, 0.25) is 0 Å². The molecular weight excluding hydrogens is 181 g/mol. The zero-order valence-electron chi connectivity index (χ0n) is 7.27. The molecule has 0 aliphatic heterocycles. The third kappa shape index (κ3) is 4.26. The number of alkyl halides is 3. The van der Waals surface area contributed by atoms with Crippen molar-refractivity contribution < 1.29 is 13.2 Å². The molecule has 0 aromatic carbocycles. The summed E-state index contributed by atoms with van der Waals surface area (Å²) in [6.07, 6.45) is -1.41. The fourth-order valence-corrected chi connectivity index (χ4v) is 1.33. The fraction of sp³-hybridized carbons (Fsp3) is 0.875. The fourth-order valence-electron chi connectivity index (χ4n) is 1.33. The molecule has 1 rings (SSSR count). The minimum Gasteiger partial charge on any atom is -0.328 e. The van der Waals surface area contributed by atoms with Gasteiger partial charge < -0.3 is 5.73 Å². The van der Waals surface area contributed by atoms with Crippen LogP contribution >= 0.6 is 0 Å². The minimum absolute atomic E-state index is 0.143. The van der Waals surface area contributed by atoms with Gasteiger partial charge in [0.2, 0.25) is 0 Å². The van der Waals surface area contributed by atoms with Gasteiger partial charge in [0.25, 0.3) is 0 Å². The molecule has 0 unspecified atom stereocenters. The average Bonchev–Trinajstić information content (AvgIpc) is 2.02. The van der Waals surface area contributed by atoms with Crippen LogP contribution in [0.1, 0.15) is 25.7 Å².